The lowest BCUT2D eigenvalue weighted by Crippen LogP contribution is -1.95. The van der Waals surface area contributed by atoms with Crippen LogP contribution in [0.15, 0.2) is 42.7 Å². The van der Waals surface area contributed by atoms with Crippen LogP contribution in [0, 0.1) is 0 Å². The van der Waals surface area contributed by atoms with Crippen molar-refractivity contribution in [2.24, 2.45) is 0 Å². The van der Waals surface area contributed by atoms with Crippen molar-refractivity contribution in [2.45, 2.75) is 0 Å². The highest BCUT2D eigenvalue weighted by atomic mass is 35.5. The first kappa shape index (κ1) is 10.8. The smallest absolute Gasteiger partial charge is 0.151 e. The predicted molar refractivity (Wildman–Crippen MR) is 65.2 cm³/mol. The van der Waals surface area contributed by atoms with Crippen molar-refractivity contribution < 1.29 is 0 Å². The Bertz CT molecular complexity index is 650. The lowest BCUT2D eigenvalue weighted by molar-refractivity contribution is 0.789. The van der Waals surface area contributed by atoms with Gasteiger partial charge in [0.25, 0.3) is 0 Å². The van der Waals surface area contributed by atoms with Crippen LogP contribution in [0.5, 0.6) is 0 Å². The number of aromatic nitrogens is 6. The first-order valence-electron chi connectivity index (χ1n) is 5.16. The summed E-state index contributed by atoms with van der Waals surface area (Å²) in [7, 11) is 0. The van der Waals surface area contributed by atoms with Crippen molar-refractivity contribution in [3.8, 4) is 16.9 Å². The first-order chi connectivity index (χ1) is 8.83. The summed E-state index contributed by atoms with van der Waals surface area (Å²) in [5.74, 6) is 0. The molecule has 2 heterocycles. The Balaban J connectivity index is 2.03. The Morgan fingerprint density at radius 2 is 2.00 bits per heavy atom. The maximum absolute atomic E-state index is 5.71. The molecule has 3 aromatic rings. The molecule has 0 amide bonds. The molecule has 0 fully saturated rings. The minimum Gasteiger partial charge on any atom is -0.201 e. The molecule has 6 nitrogen and oxygen atoms in total. The van der Waals surface area contributed by atoms with E-state index in [1.54, 1.807) is 10.7 Å². The molecule has 0 aliphatic carbocycles. The van der Waals surface area contributed by atoms with Gasteiger partial charge in [0.2, 0.25) is 0 Å². The zero-order valence-electron chi connectivity index (χ0n) is 9.10. The van der Waals surface area contributed by atoms with Crippen molar-refractivity contribution in [3.63, 3.8) is 0 Å². The molecule has 1 aromatic carbocycles. The summed E-state index contributed by atoms with van der Waals surface area (Å²) in [6.45, 7) is 0. The number of halogens is 1. The van der Waals surface area contributed by atoms with Gasteiger partial charge in [-0.05, 0) is 34.7 Å². The summed E-state index contributed by atoms with van der Waals surface area (Å²) in [5, 5.41) is 19.2. The molecule has 0 unspecified atom stereocenters. The molecule has 0 N–H and O–H groups in total. The van der Waals surface area contributed by atoms with Crippen molar-refractivity contribution in [1.29, 1.82) is 0 Å². The van der Waals surface area contributed by atoms with E-state index < -0.39 is 0 Å². The Kier molecular flexibility index (Phi) is 2.70. The van der Waals surface area contributed by atoms with Crippen LogP contribution >= 0.6 is 11.6 Å². The summed E-state index contributed by atoms with van der Waals surface area (Å²) < 4.78 is 1.58. The second kappa shape index (κ2) is 4.50. The van der Waals surface area contributed by atoms with Gasteiger partial charge in [-0.1, -0.05) is 23.7 Å². The summed E-state index contributed by atoms with van der Waals surface area (Å²) >= 11 is 5.71. The van der Waals surface area contributed by atoms with E-state index in [-0.39, 0.29) is 0 Å². The van der Waals surface area contributed by atoms with E-state index in [0.29, 0.717) is 5.15 Å². The van der Waals surface area contributed by atoms with Gasteiger partial charge in [0.05, 0.1) is 11.4 Å². The maximum atomic E-state index is 5.71. The van der Waals surface area contributed by atoms with Gasteiger partial charge < -0.3 is 0 Å². The van der Waals surface area contributed by atoms with E-state index in [0.717, 1.165) is 16.9 Å². The zero-order chi connectivity index (χ0) is 12.4. The first-order valence-corrected chi connectivity index (χ1v) is 5.54. The van der Waals surface area contributed by atoms with Crippen LogP contribution < -0.4 is 0 Å². The average molecular weight is 259 g/mol. The van der Waals surface area contributed by atoms with E-state index >= 15 is 0 Å². The molecule has 0 spiro atoms. The SMILES string of the molecule is Clc1ccc(-c2cccc(-n3cnnn3)c2)nn1. The van der Waals surface area contributed by atoms with Crippen LogP contribution in [-0.2, 0) is 0 Å². The van der Waals surface area contributed by atoms with Crippen LogP contribution in [-0.4, -0.2) is 30.4 Å². The fraction of sp³-hybridized carbons (Fsp3) is 0. The van der Waals surface area contributed by atoms with Gasteiger partial charge >= 0.3 is 0 Å². The number of hydrogen-bond acceptors (Lipinski definition) is 5. The number of tetrazole rings is 1. The molecular weight excluding hydrogens is 252 g/mol. The number of benzene rings is 1. The Hall–Kier alpha value is -2.34. The van der Waals surface area contributed by atoms with E-state index in [4.69, 9.17) is 11.6 Å². The fourth-order valence-corrected chi connectivity index (χ4v) is 1.66. The third-order valence-electron chi connectivity index (χ3n) is 2.39. The van der Waals surface area contributed by atoms with Crippen LogP contribution in [0.1, 0.15) is 0 Å². The van der Waals surface area contributed by atoms with E-state index in [9.17, 15) is 0 Å². The van der Waals surface area contributed by atoms with Gasteiger partial charge in [0.15, 0.2) is 5.15 Å². The second-order valence-electron chi connectivity index (χ2n) is 3.55. The predicted octanol–water partition coefficient (Wildman–Crippen LogP) is 1.77. The molecule has 0 aliphatic rings. The van der Waals surface area contributed by atoms with Crippen molar-refractivity contribution in [3.05, 3.63) is 47.9 Å². The molecule has 0 aliphatic heterocycles. The third kappa shape index (κ3) is 2.05. The topological polar surface area (TPSA) is 69.4 Å². The largest absolute Gasteiger partial charge is 0.201 e. The Morgan fingerprint density at radius 3 is 2.72 bits per heavy atom. The van der Waals surface area contributed by atoms with E-state index in [2.05, 4.69) is 25.7 Å². The highest BCUT2D eigenvalue weighted by Gasteiger charge is 2.03. The molecule has 0 bridgehead atoms. The monoisotopic (exact) mass is 258 g/mol. The molecule has 18 heavy (non-hydrogen) atoms. The fourth-order valence-electron chi connectivity index (χ4n) is 1.56. The van der Waals surface area contributed by atoms with Gasteiger partial charge in [-0.25, -0.2) is 4.68 Å². The molecule has 7 heteroatoms. The third-order valence-corrected chi connectivity index (χ3v) is 2.59. The van der Waals surface area contributed by atoms with Crippen LogP contribution in [0.3, 0.4) is 0 Å². The van der Waals surface area contributed by atoms with Crippen molar-refractivity contribution in [2.75, 3.05) is 0 Å². The standard InChI is InChI=1S/C11H7ClN6/c12-11-5-4-10(14-15-11)8-2-1-3-9(6-8)18-7-13-16-17-18/h1-7H. The van der Waals surface area contributed by atoms with Gasteiger partial charge in [-0.3, -0.25) is 0 Å². The highest BCUT2D eigenvalue weighted by molar-refractivity contribution is 6.29. The molecule has 0 atom stereocenters. The quantitative estimate of drug-likeness (QED) is 0.701. The summed E-state index contributed by atoms with van der Waals surface area (Å²) in [6, 6.07) is 11.2. The van der Waals surface area contributed by atoms with Crippen molar-refractivity contribution in [1.82, 2.24) is 30.4 Å². The maximum Gasteiger partial charge on any atom is 0.151 e. The lowest BCUT2D eigenvalue weighted by atomic mass is 10.1. The van der Waals surface area contributed by atoms with Crippen LogP contribution in [0.4, 0.5) is 0 Å². The Morgan fingerprint density at radius 1 is 1.06 bits per heavy atom. The number of hydrogen-bond donors (Lipinski definition) is 0. The van der Waals surface area contributed by atoms with E-state index in [1.165, 1.54) is 6.33 Å². The highest BCUT2D eigenvalue weighted by Crippen LogP contribution is 2.19. The van der Waals surface area contributed by atoms with Crippen LogP contribution in [0.2, 0.25) is 5.15 Å². The normalized spacial score (nSPS) is 10.5. The molecule has 0 saturated heterocycles. The summed E-state index contributed by atoms with van der Waals surface area (Å²) in [6.07, 6.45) is 1.53. The molecule has 0 radical (unpaired) electrons. The van der Waals surface area contributed by atoms with Crippen LogP contribution in [0.25, 0.3) is 16.9 Å². The summed E-state index contributed by atoms with van der Waals surface area (Å²) in [5.41, 5.74) is 2.52. The van der Waals surface area contributed by atoms with Crippen molar-refractivity contribution >= 4 is 11.6 Å². The molecule has 88 valence electrons. The number of rotatable bonds is 2. The number of nitrogens with zero attached hydrogens (tertiary/aromatic N) is 6. The summed E-state index contributed by atoms with van der Waals surface area (Å²) in [4.78, 5) is 0. The molecule has 0 saturated carbocycles. The average Bonchev–Trinajstić information content (AvgIpc) is 2.94. The Labute approximate surface area is 107 Å². The van der Waals surface area contributed by atoms with Gasteiger partial charge in [-0.2, -0.15) is 0 Å². The molecule has 2 aromatic heterocycles. The minimum absolute atomic E-state index is 0.371. The zero-order valence-corrected chi connectivity index (χ0v) is 9.86. The lowest BCUT2D eigenvalue weighted by Gasteiger charge is -2.03. The molecule has 3 rings (SSSR count). The van der Waals surface area contributed by atoms with Gasteiger partial charge in [0.1, 0.15) is 6.33 Å². The minimum atomic E-state index is 0.371. The van der Waals surface area contributed by atoms with Gasteiger partial charge in [-0.15, -0.1) is 15.3 Å². The molecular formula is C11H7ClN6. The van der Waals surface area contributed by atoms with Gasteiger partial charge in [0, 0.05) is 5.56 Å². The second-order valence-corrected chi connectivity index (χ2v) is 3.93. The van der Waals surface area contributed by atoms with E-state index in [1.807, 2.05) is 30.3 Å².